The van der Waals surface area contributed by atoms with Crippen LogP contribution in [0, 0.1) is 12.7 Å². The van der Waals surface area contributed by atoms with Gasteiger partial charge in [0.2, 0.25) is 0 Å². The zero-order chi connectivity index (χ0) is 18.2. The number of carboxylic acids is 1. The molecule has 0 amide bonds. The third-order valence-corrected chi connectivity index (χ3v) is 4.93. The fourth-order valence-electron chi connectivity index (χ4n) is 2.39. The second-order valence-corrected chi connectivity index (χ2v) is 7.05. The molecule has 132 valence electrons. The first-order valence-electron chi connectivity index (χ1n) is 7.24. The van der Waals surface area contributed by atoms with E-state index in [1.54, 1.807) is 6.92 Å². The van der Waals surface area contributed by atoms with Crippen LogP contribution in [0.1, 0.15) is 15.9 Å². The van der Waals surface area contributed by atoms with Gasteiger partial charge in [-0.3, -0.25) is 4.72 Å². The van der Waals surface area contributed by atoms with Gasteiger partial charge in [0.05, 0.1) is 10.6 Å². The SMILES string of the molecule is Cc1cc(F)ccc1NS(=O)(=O)c1cc2c(c(C(=O)O)c1)OCCO2. The Morgan fingerprint density at radius 2 is 1.92 bits per heavy atom. The highest BCUT2D eigenvalue weighted by molar-refractivity contribution is 7.92. The van der Waals surface area contributed by atoms with Gasteiger partial charge >= 0.3 is 5.97 Å². The molecule has 0 radical (unpaired) electrons. The number of hydrogen-bond donors (Lipinski definition) is 2. The number of ether oxygens (including phenoxy) is 2. The maximum Gasteiger partial charge on any atom is 0.339 e. The van der Waals surface area contributed by atoms with Crippen molar-refractivity contribution in [2.75, 3.05) is 17.9 Å². The summed E-state index contributed by atoms with van der Waals surface area (Å²) in [7, 11) is -4.11. The second kappa shape index (κ2) is 6.25. The number of anilines is 1. The van der Waals surface area contributed by atoms with Crippen molar-refractivity contribution in [1.29, 1.82) is 0 Å². The highest BCUT2D eigenvalue weighted by Gasteiger charge is 2.26. The van der Waals surface area contributed by atoms with Crippen molar-refractivity contribution >= 4 is 21.7 Å². The Balaban J connectivity index is 2.05. The summed E-state index contributed by atoms with van der Waals surface area (Å²) in [5.74, 6) is -1.79. The fourth-order valence-corrected chi connectivity index (χ4v) is 3.56. The number of fused-ring (bicyclic) bond motifs is 1. The zero-order valence-electron chi connectivity index (χ0n) is 13.1. The Morgan fingerprint density at radius 3 is 2.60 bits per heavy atom. The van der Waals surface area contributed by atoms with Crippen LogP contribution in [0.3, 0.4) is 0 Å². The summed E-state index contributed by atoms with van der Waals surface area (Å²) >= 11 is 0. The maximum atomic E-state index is 13.2. The van der Waals surface area contributed by atoms with E-state index in [0.29, 0.717) is 5.56 Å². The summed E-state index contributed by atoms with van der Waals surface area (Å²) in [6.45, 7) is 1.90. The average molecular weight is 367 g/mol. The van der Waals surface area contributed by atoms with E-state index in [2.05, 4.69) is 4.72 Å². The molecule has 1 aliphatic rings. The molecule has 3 rings (SSSR count). The lowest BCUT2D eigenvalue weighted by atomic mass is 10.2. The molecule has 0 aromatic heterocycles. The smallest absolute Gasteiger partial charge is 0.339 e. The Morgan fingerprint density at radius 1 is 1.20 bits per heavy atom. The summed E-state index contributed by atoms with van der Waals surface area (Å²) in [4.78, 5) is 11.1. The van der Waals surface area contributed by atoms with E-state index in [1.807, 2.05) is 0 Å². The summed E-state index contributed by atoms with van der Waals surface area (Å²) in [6, 6.07) is 5.79. The summed E-state index contributed by atoms with van der Waals surface area (Å²) in [5.41, 5.74) is 0.265. The van der Waals surface area contributed by atoms with Crippen LogP contribution < -0.4 is 14.2 Å². The standard InChI is InChI=1S/C16H14FNO6S/c1-9-6-10(17)2-3-13(9)18-25(21,22)11-7-12(16(19)20)15-14(8-11)23-4-5-24-15/h2-3,6-8,18H,4-5H2,1H3,(H,19,20). The predicted octanol–water partition coefficient (Wildman–Crippen LogP) is 2.40. The van der Waals surface area contributed by atoms with Gasteiger partial charge in [-0.15, -0.1) is 0 Å². The van der Waals surface area contributed by atoms with E-state index in [0.717, 1.165) is 12.1 Å². The number of carbonyl (C=O) groups is 1. The largest absolute Gasteiger partial charge is 0.486 e. The zero-order valence-corrected chi connectivity index (χ0v) is 13.9. The van der Waals surface area contributed by atoms with Crippen molar-refractivity contribution in [3.05, 3.63) is 47.3 Å². The molecule has 0 fully saturated rings. The van der Waals surface area contributed by atoms with Crippen LogP contribution in [-0.4, -0.2) is 32.7 Å². The molecule has 0 unspecified atom stereocenters. The monoisotopic (exact) mass is 367 g/mol. The lowest BCUT2D eigenvalue weighted by Gasteiger charge is -2.21. The molecule has 1 heterocycles. The normalized spacial score (nSPS) is 13.4. The highest BCUT2D eigenvalue weighted by atomic mass is 32.2. The number of halogens is 1. The Kier molecular flexibility index (Phi) is 4.25. The quantitative estimate of drug-likeness (QED) is 0.860. The van der Waals surface area contributed by atoms with Crippen LogP contribution in [0.15, 0.2) is 35.2 Å². The number of sulfonamides is 1. The van der Waals surface area contributed by atoms with Gasteiger partial charge < -0.3 is 14.6 Å². The maximum absolute atomic E-state index is 13.2. The minimum atomic E-state index is -4.11. The predicted molar refractivity (Wildman–Crippen MR) is 86.3 cm³/mol. The van der Waals surface area contributed by atoms with Gasteiger partial charge in [-0.2, -0.15) is 0 Å². The molecular weight excluding hydrogens is 353 g/mol. The van der Waals surface area contributed by atoms with E-state index >= 15 is 0 Å². The van der Waals surface area contributed by atoms with Crippen LogP contribution in [-0.2, 0) is 10.0 Å². The van der Waals surface area contributed by atoms with Gasteiger partial charge in [-0.05, 0) is 36.8 Å². The van der Waals surface area contributed by atoms with Gasteiger partial charge in [-0.25, -0.2) is 17.6 Å². The fraction of sp³-hybridized carbons (Fsp3) is 0.188. The first-order chi connectivity index (χ1) is 11.8. The van der Waals surface area contributed by atoms with Crippen LogP contribution >= 0.6 is 0 Å². The van der Waals surface area contributed by atoms with Crippen molar-refractivity contribution in [1.82, 2.24) is 0 Å². The first kappa shape index (κ1) is 17.0. The van der Waals surface area contributed by atoms with Crippen molar-refractivity contribution in [3.63, 3.8) is 0 Å². The summed E-state index contributed by atoms with van der Waals surface area (Å²) < 4.78 is 51.3. The highest BCUT2D eigenvalue weighted by Crippen LogP contribution is 2.37. The molecule has 9 heteroatoms. The molecule has 1 aliphatic heterocycles. The van der Waals surface area contributed by atoms with Crippen molar-refractivity contribution in [3.8, 4) is 11.5 Å². The molecule has 25 heavy (non-hydrogen) atoms. The van der Waals surface area contributed by atoms with Crippen LogP contribution in [0.2, 0.25) is 0 Å². The van der Waals surface area contributed by atoms with Gasteiger partial charge in [0.1, 0.15) is 24.6 Å². The molecule has 2 aromatic carbocycles. The van der Waals surface area contributed by atoms with Crippen LogP contribution in [0.4, 0.5) is 10.1 Å². The van der Waals surface area contributed by atoms with Crippen molar-refractivity contribution in [2.24, 2.45) is 0 Å². The number of rotatable bonds is 4. The number of hydrogen-bond acceptors (Lipinski definition) is 5. The molecule has 0 atom stereocenters. The Hall–Kier alpha value is -2.81. The van der Waals surface area contributed by atoms with E-state index in [9.17, 15) is 22.7 Å². The molecule has 2 aromatic rings. The van der Waals surface area contributed by atoms with Gasteiger partial charge in [0.25, 0.3) is 10.0 Å². The molecule has 0 saturated heterocycles. The van der Waals surface area contributed by atoms with E-state index in [1.165, 1.54) is 18.2 Å². The van der Waals surface area contributed by atoms with Gasteiger partial charge in [0, 0.05) is 6.07 Å². The number of aromatic carboxylic acids is 1. The minimum Gasteiger partial charge on any atom is -0.486 e. The average Bonchev–Trinajstić information content (AvgIpc) is 2.56. The second-order valence-electron chi connectivity index (χ2n) is 5.36. The van der Waals surface area contributed by atoms with Crippen LogP contribution in [0.5, 0.6) is 11.5 Å². The Bertz CT molecular complexity index is 957. The molecule has 7 nitrogen and oxygen atoms in total. The van der Waals surface area contributed by atoms with Crippen molar-refractivity contribution in [2.45, 2.75) is 11.8 Å². The third kappa shape index (κ3) is 3.36. The van der Waals surface area contributed by atoms with Gasteiger partial charge in [0.15, 0.2) is 11.5 Å². The van der Waals surface area contributed by atoms with E-state index < -0.39 is 21.8 Å². The Labute approximate surface area is 143 Å². The number of benzene rings is 2. The van der Waals surface area contributed by atoms with Gasteiger partial charge in [-0.1, -0.05) is 0 Å². The lowest BCUT2D eigenvalue weighted by Crippen LogP contribution is -2.20. The molecule has 0 spiro atoms. The van der Waals surface area contributed by atoms with Crippen molar-refractivity contribution < 1.29 is 32.2 Å². The number of aryl methyl sites for hydroxylation is 1. The topological polar surface area (TPSA) is 102 Å². The first-order valence-corrected chi connectivity index (χ1v) is 8.72. The third-order valence-electron chi connectivity index (χ3n) is 3.59. The molecule has 0 aliphatic carbocycles. The summed E-state index contributed by atoms with van der Waals surface area (Å²) in [5, 5.41) is 9.30. The molecular formula is C16H14FNO6S. The number of nitrogens with one attached hydrogen (secondary N) is 1. The van der Waals surface area contributed by atoms with Crippen LogP contribution in [0.25, 0.3) is 0 Å². The number of carboxylic acid groups (broad SMARTS) is 1. The van der Waals surface area contributed by atoms with E-state index in [4.69, 9.17) is 9.47 Å². The molecule has 0 saturated carbocycles. The lowest BCUT2D eigenvalue weighted by molar-refractivity contribution is 0.0685. The molecule has 0 bridgehead atoms. The van der Waals surface area contributed by atoms with E-state index in [-0.39, 0.29) is 40.9 Å². The summed E-state index contributed by atoms with van der Waals surface area (Å²) in [6.07, 6.45) is 0. The molecule has 2 N–H and O–H groups in total. The minimum absolute atomic E-state index is 0.00402.